The first-order valence-electron chi connectivity index (χ1n) is 7.42. The van der Waals surface area contributed by atoms with Gasteiger partial charge in [0.2, 0.25) is 0 Å². The first kappa shape index (κ1) is 56.4. The molecule has 0 aliphatic rings. The highest BCUT2D eigenvalue weighted by Crippen LogP contribution is 1.58. The van der Waals surface area contributed by atoms with Gasteiger partial charge in [0.1, 0.15) is 6.79 Å². The van der Waals surface area contributed by atoms with Crippen LogP contribution in [0.2, 0.25) is 0 Å². The zero-order valence-corrected chi connectivity index (χ0v) is 19.5. The van der Waals surface area contributed by atoms with Crippen molar-refractivity contribution in [3.63, 3.8) is 0 Å². The highest BCUT2D eigenvalue weighted by Gasteiger charge is 1.36. The first-order chi connectivity index (χ1) is 12.7. The summed E-state index contributed by atoms with van der Waals surface area (Å²) >= 11 is 10.7. The lowest BCUT2D eigenvalue weighted by Gasteiger charge is -1.56. The standard InChI is InChI=1S/C2H7N.C2H6O.C2H6S.CH6N2.2CH5NO.CH5NS.CH4O2.CH4OS/c3*1-2-3;6*2-1-3/h2-3H2,1H3;2*3H,2H2,1H3;1-3H2;3*3H,1-2H2;2*2-3H,1H2. The maximum atomic E-state index is 7.57. The Morgan fingerprint density at radius 1 is 0.630 bits per heavy atom. The molecule has 0 spiro atoms. The van der Waals surface area contributed by atoms with Crippen molar-refractivity contribution < 1.29 is 30.6 Å². The van der Waals surface area contributed by atoms with Crippen molar-refractivity contribution in [3.8, 4) is 0 Å². The minimum atomic E-state index is -0.750. The molecule has 0 fully saturated rings. The van der Waals surface area contributed by atoms with Crippen molar-refractivity contribution in [2.45, 2.75) is 20.8 Å². The molecule has 0 saturated carbocycles. The molecule has 0 aromatic heterocycles. The van der Waals surface area contributed by atoms with E-state index in [-0.39, 0.29) is 32.7 Å². The molecular formula is C12H48N6O6S3. The van der Waals surface area contributed by atoms with Crippen LogP contribution in [0.3, 0.4) is 0 Å². The molecule has 15 heteroatoms. The lowest BCUT2D eigenvalue weighted by Crippen LogP contribution is -2.08. The van der Waals surface area contributed by atoms with Gasteiger partial charge >= 0.3 is 0 Å². The van der Waals surface area contributed by atoms with Crippen molar-refractivity contribution in [2.24, 2.45) is 34.4 Å². The molecule has 0 unspecified atom stereocenters. The number of thiol groups is 3. The molecule has 0 amide bonds. The van der Waals surface area contributed by atoms with E-state index in [1.54, 1.807) is 6.92 Å². The van der Waals surface area contributed by atoms with E-state index in [9.17, 15) is 0 Å². The van der Waals surface area contributed by atoms with E-state index in [1.807, 2.05) is 13.8 Å². The van der Waals surface area contributed by atoms with E-state index in [2.05, 4.69) is 60.8 Å². The molecule has 0 bridgehead atoms. The van der Waals surface area contributed by atoms with Crippen molar-refractivity contribution in [2.75, 3.05) is 57.6 Å². The Balaban J connectivity index is -0.0000000193. The van der Waals surface area contributed by atoms with Crippen LogP contribution in [0.4, 0.5) is 0 Å². The summed E-state index contributed by atoms with van der Waals surface area (Å²) in [6, 6.07) is 0. The van der Waals surface area contributed by atoms with E-state index in [4.69, 9.17) is 42.1 Å². The van der Waals surface area contributed by atoms with Crippen LogP contribution in [0.1, 0.15) is 20.8 Å². The summed E-state index contributed by atoms with van der Waals surface area (Å²) in [7, 11) is 0. The van der Waals surface area contributed by atoms with Gasteiger partial charge < -0.3 is 65.0 Å². The van der Waals surface area contributed by atoms with Gasteiger partial charge in [-0.05, 0) is 19.2 Å². The molecule has 0 aromatic carbocycles. The van der Waals surface area contributed by atoms with Gasteiger partial charge in [-0.1, -0.05) is 13.8 Å². The molecular weight excluding hydrogens is 420 g/mol. The fourth-order valence-electron chi connectivity index (χ4n) is 0. The van der Waals surface area contributed by atoms with E-state index < -0.39 is 6.79 Å². The van der Waals surface area contributed by atoms with E-state index in [1.165, 1.54) is 0 Å². The summed E-state index contributed by atoms with van der Waals surface area (Å²) in [6.07, 6.45) is 0. The fraction of sp³-hybridized carbons (Fsp3) is 1.00. The van der Waals surface area contributed by atoms with Gasteiger partial charge in [0.15, 0.2) is 0 Å². The second kappa shape index (κ2) is 190. The Morgan fingerprint density at radius 3 is 0.630 bits per heavy atom. The van der Waals surface area contributed by atoms with Crippen LogP contribution in [-0.4, -0.2) is 88.3 Å². The maximum Gasteiger partial charge on any atom is 0.140 e. The largest absolute Gasteiger partial charge is 0.397 e. The average Bonchev–Trinajstić information content (AvgIpc) is 2.53. The number of rotatable bonds is 0. The molecule has 0 atom stereocenters. The van der Waals surface area contributed by atoms with Gasteiger partial charge in [0.25, 0.3) is 0 Å². The third-order valence-corrected chi connectivity index (χ3v) is 0. The summed E-state index contributed by atoms with van der Waals surface area (Å²) in [6.45, 7) is 5.57. The molecule has 18 N–H and O–H groups in total. The Bertz CT molecular complexity index is 78.1. The molecule has 0 radical (unpaired) electrons. The Kier molecular flexibility index (Phi) is 397. The molecule has 0 rings (SSSR count). The maximum absolute atomic E-state index is 7.57. The van der Waals surface area contributed by atoms with E-state index in [0.29, 0.717) is 5.88 Å². The number of hydrogen-bond acceptors (Lipinski definition) is 15. The minimum absolute atomic E-state index is 0.0556. The Labute approximate surface area is 181 Å². The second-order valence-electron chi connectivity index (χ2n) is 2.11. The molecule has 27 heavy (non-hydrogen) atoms. The molecule has 12 nitrogen and oxygen atoms in total. The third-order valence-electron chi connectivity index (χ3n) is 0. The topological polar surface area (TPSA) is 278 Å². The second-order valence-corrected chi connectivity index (χ2v) is 3.39. The summed E-state index contributed by atoms with van der Waals surface area (Å²) in [5.74, 6) is 1.33. The third kappa shape index (κ3) is 49400. The van der Waals surface area contributed by atoms with Gasteiger partial charge in [0.05, 0.1) is 19.4 Å². The van der Waals surface area contributed by atoms with Crippen molar-refractivity contribution >= 4 is 37.9 Å². The van der Waals surface area contributed by atoms with Crippen molar-refractivity contribution in [1.29, 1.82) is 0 Å². The Hall–Kier alpha value is 0.570. The number of aliphatic hydroxyl groups is 6. The van der Waals surface area contributed by atoms with E-state index >= 15 is 0 Å². The molecule has 180 valence electrons. The number of nitrogens with two attached hydrogens (primary N) is 6. The van der Waals surface area contributed by atoms with Gasteiger partial charge in [-0.2, -0.15) is 37.9 Å². The fourth-order valence-corrected chi connectivity index (χ4v) is 0. The van der Waals surface area contributed by atoms with Crippen LogP contribution in [0.5, 0.6) is 0 Å². The van der Waals surface area contributed by atoms with Crippen molar-refractivity contribution in [1.82, 2.24) is 0 Å². The molecule has 0 saturated heterocycles. The summed E-state index contributed by atoms with van der Waals surface area (Å²) in [5.41, 5.74) is 27.6. The smallest absolute Gasteiger partial charge is 0.140 e. The van der Waals surface area contributed by atoms with Crippen LogP contribution in [0, 0.1) is 0 Å². The van der Waals surface area contributed by atoms with Crippen LogP contribution < -0.4 is 34.4 Å². The SMILES string of the molecule is CCN.CCO.CCS.NCN.NCO.NCO.NCS.OCO.OCS. The zero-order valence-electron chi connectivity index (χ0n) is 16.9. The van der Waals surface area contributed by atoms with Gasteiger partial charge in [0, 0.05) is 19.2 Å². The highest BCUT2D eigenvalue weighted by atomic mass is 32.1. The predicted octanol–water partition coefficient (Wildman–Crippen LogP) is -3.82. The first-order valence-corrected chi connectivity index (χ1v) is 9.31. The summed E-state index contributed by atoms with van der Waals surface area (Å²) in [4.78, 5) is 0. The number of hydrogen-bond donors (Lipinski definition) is 15. The van der Waals surface area contributed by atoms with Crippen LogP contribution in [0.15, 0.2) is 0 Å². The van der Waals surface area contributed by atoms with Gasteiger partial charge in [-0.15, -0.1) is 0 Å². The Morgan fingerprint density at radius 2 is 0.630 bits per heavy atom. The lowest BCUT2D eigenvalue weighted by atomic mass is 10.8. The van der Waals surface area contributed by atoms with Crippen LogP contribution >= 0.6 is 37.9 Å². The van der Waals surface area contributed by atoms with Crippen molar-refractivity contribution in [3.05, 3.63) is 0 Å². The average molecular weight is 469 g/mol. The number of aliphatic hydroxyl groups excluding tert-OH is 5. The summed E-state index contributed by atoms with van der Waals surface area (Å²) in [5, 5.41) is 43.9. The van der Waals surface area contributed by atoms with Crippen LogP contribution in [-0.2, 0) is 0 Å². The van der Waals surface area contributed by atoms with E-state index in [0.717, 1.165) is 12.3 Å². The molecule has 0 aliphatic heterocycles. The molecule has 0 aliphatic carbocycles. The van der Waals surface area contributed by atoms with Gasteiger partial charge in [-0.3, -0.25) is 0 Å². The summed E-state index contributed by atoms with van der Waals surface area (Å²) < 4.78 is 0. The normalized spacial score (nSPS) is 6.00. The van der Waals surface area contributed by atoms with Crippen LogP contribution in [0.25, 0.3) is 0 Å². The highest BCUT2D eigenvalue weighted by molar-refractivity contribution is 7.80. The zero-order chi connectivity index (χ0) is 24.4. The van der Waals surface area contributed by atoms with Gasteiger partial charge in [-0.25, -0.2) is 0 Å². The minimum Gasteiger partial charge on any atom is -0.397 e. The molecule has 0 heterocycles. The lowest BCUT2D eigenvalue weighted by molar-refractivity contribution is 0.0773. The monoisotopic (exact) mass is 468 g/mol. The quantitative estimate of drug-likeness (QED) is 0.120. The molecule has 0 aromatic rings. The predicted molar refractivity (Wildman–Crippen MR) is 126 cm³/mol.